The number of hydrogen-bond donors (Lipinski definition) is 2. The van der Waals surface area contributed by atoms with E-state index in [-0.39, 0.29) is 13.2 Å². The molecule has 10 heavy (non-hydrogen) atoms. The zero-order chi connectivity index (χ0) is 7.98. The fraction of sp³-hybridized carbons (Fsp3) is 0.750. The van der Waals surface area contributed by atoms with E-state index in [1.807, 2.05) is 13.8 Å². The lowest BCUT2D eigenvalue weighted by Gasteiger charge is -2.06. The number of aliphatic hydroxyl groups excluding tert-OH is 2. The second-order valence-corrected chi connectivity index (χ2v) is 2.23. The van der Waals surface area contributed by atoms with Crippen LogP contribution in [0.5, 0.6) is 0 Å². The molecule has 0 heterocycles. The molecule has 0 fully saturated rings. The van der Waals surface area contributed by atoms with Crippen molar-refractivity contribution in [3.63, 3.8) is 0 Å². The van der Waals surface area contributed by atoms with Crippen LogP contribution in [0.4, 0.5) is 0 Å². The molecule has 0 atom stereocenters. The van der Waals surface area contributed by atoms with Gasteiger partial charge in [-0.25, -0.2) is 0 Å². The summed E-state index contributed by atoms with van der Waals surface area (Å²) in [5.74, 6) is 0. The highest BCUT2D eigenvalue weighted by molar-refractivity contribution is 5.13. The molecule has 0 aromatic heterocycles. The van der Waals surface area contributed by atoms with Crippen LogP contribution in [-0.4, -0.2) is 23.4 Å². The van der Waals surface area contributed by atoms with Gasteiger partial charge < -0.3 is 10.2 Å². The Hall–Kier alpha value is -0.340. The van der Waals surface area contributed by atoms with E-state index in [1.165, 1.54) is 5.57 Å². The molecular formula is C8H16O2. The van der Waals surface area contributed by atoms with E-state index in [4.69, 9.17) is 10.2 Å². The molecule has 0 aliphatic rings. The molecule has 2 heteroatoms. The first-order valence-corrected chi connectivity index (χ1v) is 3.71. The predicted molar refractivity (Wildman–Crippen MR) is 41.8 cm³/mol. The summed E-state index contributed by atoms with van der Waals surface area (Å²) in [6.45, 7) is 4.05. The number of aliphatic hydroxyl groups is 2. The highest BCUT2D eigenvalue weighted by atomic mass is 16.3. The molecule has 0 aromatic carbocycles. The van der Waals surface area contributed by atoms with E-state index >= 15 is 0 Å². The van der Waals surface area contributed by atoms with Crippen molar-refractivity contribution in [1.29, 1.82) is 0 Å². The minimum absolute atomic E-state index is 0.00644. The predicted octanol–water partition coefficient (Wildman–Crippen LogP) is 1.09. The fourth-order valence-corrected chi connectivity index (χ4v) is 1.02. The van der Waals surface area contributed by atoms with Gasteiger partial charge in [-0.1, -0.05) is 19.4 Å². The monoisotopic (exact) mass is 144 g/mol. The smallest absolute Gasteiger partial charge is 0.0666 e. The molecule has 0 spiro atoms. The SMILES string of the molecule is CCC(CC)=C(CO)CO. The van der Waals surface area contributed by atoms with Crippen molar-refractivity contribution in [3.8, 4) is 0 Å². The average molecular weight is 144 g/mol. The lowest BCUT2D eigenvalue weighted by atomic mass is 10.0. The quantitative estimate of drug-likeness (QED) is 0.580. The Labute approximate surface area is 62.2 Å². The van der Waals surface area contributed by atoms with E-state index in [1.54, 1.807) is 0 Å². The number of rotatable bonds is 4. The van der Waals surface area contributed by atoms with Crippen molar-refractivity contribution in [3.05, 3.63) is 11.1 Å². The lowest BCUT2D eigenvalue weighted by molar-refractivity contribution is 0.273. The minimum atomic E-state index is -0.00644. The number of allylic oxidation sites excluding steroid dienone is 1. The first-order valence-electron chi connectivity index (χ1n) is 3.71. The van der Waals surface area contributed by atoms with Crippen LogP contribution in [0, 0.1) is 0 Å². The van der Waals surface area contributed by atoms with Crippen molar-refractivity contribution >= 4 is 0 Å². The largest absolute Gasteiger partial charge is 0.392 e. The Bertz CT molecular complexity index is 90.4. The van der Waals surface area contributed by atoms with Crippen LogP contribution in [0.15, 0.2) is 11.1 Å². The van der Waals surface area contributed by atoms with Crippen LogP contribution in [-0.2, 0) is 0 Å². The average Bonchev–Trinajstić information content (AvgIpc) is 2.00. The van der Waals surface area contributed by atoms with Gasteiger partial charge in [0.1, 0.15) is 0 Å². The molecule has 2 nitrogen and oxygen atoms in total. The Balaban J connectivity index is 4.20. The normalized spacial score (nSPS) is 9.60. The summed E-state index contributed by atoms with van der Waals surface area (Å²) in [7, 11) is 0. The summed E-state index contributed by atoms with van der Waals surface area (Å²) in [5, 5.41) is 17.5. The van der Waals surface area contributed by atoms with Crippen LogP contribution in [0.2, 0.25) is 0 Å². The molecule has 0 aliphatic carbocycles. The summed E-state index contributed by atoms with van der Waals surface area (Å²) < 4.78 is 0. The fourth-order valence-electron chi connectivity index (χ4n) is 1.02. The molecule has 2 N–H and O–H groups in total. The standard InChI is InChI=1S/C8H16O2/c1-3-7(4-2)8(5-9)6-10/h9-10H,3-6H2,1-2H3. The molecule has 0 rings (SSSR count). The van der Waals surface area contributed by atoms with Gasteiger partial charge in [0.25, 0.3) is 0 Å². The Morgan fingerprint density at radius 2 is 1.30 bits per heavy atom. The maximum absolute atomic E-state index is 8.74. The van der Waals surface area contributed by atoms with Crippen molar-refractivity contribution in [2.75, 3.05) is 13.2 Å². The van der Waals surface area contributed by atoms with Gasteiger partial charge in [-0.15, -0.1) is 0 Å². The summed E-state index contributed by atoms with van der Waals surface area (Å²) >= 11 is 0. The van der Waals surface area contributed by atoms with Crippen molar-refractivity contribution in [1.82, 2.24) is 0 Å². The van der Waals surface area contributed by atoms with Crippen molar-refractivity contribution in [2.45, 2.75) is 26.7 Å². The zero-order valence-corrected chi connectivity index (χ0v) is 6.72. The van der Waals surface area contributed by atoms with Crippen LogP contribution < -0.4 is 0 Å². The summed E-state index contributed by atoms with van der Waals surface area (Å²) in [6, 6.07) is 0. The van der Waals surface area contributed by atoms with Crippen LogP contribution in [0.1, 0.15) is 26.7 Å². The number of hydrogen-bond acceptors (Lipinski definition) is 2. The molecule has 0 saturated carbocycles. The summed E-state index contributed by atoms with van der Waals surface area (Å²) in [4.78, 5) is 0. The molecule has 0 aromatic rings. The van der Waals surface area contributed by atoms with E-state index < -0.39 is 0 Å². The third-order valence-corrected chi connectivity index (χ3v) is 1.74. The highest BCUT2D eigenvalue weighted by Crippen LogP contribution is 2.11. The first kappa shape index (κ1) is 9.66. The molecule has 0 aliphatic heterocycles. The van der Waals surface area contributed by atoms with Gasteiger partial charge >= 0.3 is 0 Å². The molecule has 0 bridgehead atoms. The Morgan fingerprint density at radius 3 is 1.40 bits per heavy atom. The van der Waals surface area contributed by atoms with Crippen molar-refractivity contribution < 1.29 is 10.2 Å². The second-order valence-electron chi connectivity index (χ2n) is 2.23. The van der Waals surface area contributed by atoms with Gasteiger partial charge in [0.15, 0.2) is 0 Å². The molecule has 0 saturated heterocycles. The molecule has 60 valence electrons. The van der Waals surface area contributed by atoms with Gasteiger partial charge in [0.2, 0.25) is 0 Å². The summed E-state index contributed by atoms with van der Waals surface area (Å²) in [5.41, 5.74) is 1.95. The lowest BCUT2D eigenvalue weighted by Crippen LogP contribution is -2.00. The maximum atomic E-state index is 8.74. The topological polar surface area (TPSA) is 40.5 Å². The molecule has 0 radical (unpaired) electrons. The van der Waals surface area contributed by atoms with Crippen LogP contribution in [0.25, 0.3) is 0 Å². The molecule has 0 unspecified atom stereocenters. The van der Waals surface area contributed by atoms with Crippen LogP contribution >= 0.6 is 0 Å². The highest BCUT2D eigenvalue weighted by Gasteiger charge is 1.99. The van der Waals surface area contributed by atoms with E-state index in [2.05, 4.69) is 0 Å². The third-order valence-electron chi connectivity index (χ3n) is 1.74. The first-order chi connectivity index (χ1) is 4.79. The van der Waals surface area contributed by atoms with Gasteiger partial charge in [-0.05, 0) is 18.4 Å². The Morgan fingerprint density at radius 1 is 0.900 bits per heavy atom. The second kappa shape index (κ2) is 5.45. The zero-order valence-electron chi connectivity index (χ0n) is 6.72. The van der Waals surface area contributed by atoms with Gasteiger partial charge in [0, 0.05) is 0 Å². The van der Waals surface area contributed by atoms with Crippen LogP contribution in [0.3, 0.4) is 0 Å². The van der Waals surface area contributed by atoms with Gasteiger partial charge in [0.05, 0.1) is 13.2 Å². The molecule has 0 amide bonds. The van der Waals surface area contributed by atoms with Crippen molar-refractivity contribution in [2.24, 2.45) is 0 Å². The van der Waals surface area contributed by atoms with E-state index in [0.29, 0.717) is 0 Å². The van der Waals surface area contributed by atoms with Gasteiger partial charge in [-0.3, -0.25) is 0 Å². The molecular weight excluding hydrogens is 128 g/mol. The summed E-state index contributed by atoms with van der Waals surface area (Å²) in [6.07, 6.45) is 1.85. The van der Waals surface area contributed by atoms with E-state index in [9.17, 15) is 0 Å². The maximum Gasteiger partial charge on any atom is 0.0666 e. The Kier molecular flexibility index (Phi) is 5.26. The minimum Gasteiger partial charge on any atom is -0.392 e. The van der Waals surface area contributed by atoms with E-state index in [0.717, 1.165) is 18.4 Å². The van der Waals surface area contributed by atoms with Gasteiger partial charge in [-0.2, -0.15) is 0 Å². The third kappa shape index (κ3) is 2.50.